The summed E-state index contributed by atoms with van der Waals surface area (Å²) in [6, 6.07) is 3.03. The van der Waals surface area contributed by atoms with Crippen molar-refractivity contribution in [2.24, 2.45) is 5.73 Å². The highest BCUT2D eigenvalue weighted by atomic mass is 35.5. The highest BCUT2D eigenvalue weighted by Crippen LogP contribution is 2.37. The number of rotatable bonds is 6. The van der Waals surface area contributed by atoms with Crippen LogP contribution in [0, 0.1) is 0 Å². The lowest BCUT2D eigenvalue weighted by Crippen LogP contribution is -2.27. The first kappa shape index (κ1) is 15.1. The number of carbonyl (C=O) groups is 1. The molecular weight excluding hydrogens is 278 g/mol. The standard InChI is InChI=1S/C14H20ClN3O2/c1-3-18(5-6-20-4-2)12-8-11-9(7-10(12)15)13(16)14(19)17-11/h7-8,13H,3-6,16H2,1-2H3,(H,17,19). The Morgan fingerprint density at radius 3 is 2.85 bits per heavy atom. The Balaban J connectivity index is 2.24. The van der Waals surface area contributed by atoms with E-state index in [9.17, 15) is 4.79 Å². The third-order valence-electron chi connectivity index (χ3n) is 3.43. The summed E-state index contributed by atoms with van der Waals surface area (Å²) >= 11 is 6.33. The number of anilines is 2. The van der Waals surface area contributed by atoms with Crippen molar-refractivity contribution >= 4 is 28.9 Å². The average molecular weight is 298 g/mol. The summed E-state index contributed by atoms with van der Waals surface area (Å²) in [5.74, 6) is -0.189. The van der Waals surface area contributed by atoms with Crippen molar-refractivity contribution in [2.75, 3.05) is 36.5 Å². The first-order valence-corrected chi connectivity index (χ1v) is 7.18. The van der Waals surface area contributed by atoms with Gasteiger partial charge in [0.2, 0.25) is 5.91 Å². The van der Waals surface area contributed by atoms with E-state index in [-0.39, 0.29) is 5.91 Å². The highest BCUT2D eigenvalue weighted by Gasteiger charge is 2.28. The van der Waals surface area contributed by atoms with Gasteiger partial charge in [-0.25, -0.2) is 0 Å². The second kappa shape index (κ2) is 6.43. The first-order chi connectivity index (χ1) is 9.58. The fraction of sp³-hybridized carbons (Fsp3) is 0.500. The van der Waals surface area contributed by atoms with E-state index in [1.807, 2.05) is 13.0 Å². The Bertz CT molecular complexity index is 507. The Hall–Kier alpha value is -1.30. The van der Waals surface area contributed by atoms with Crippen LogP contribution >= 0.6 is 11.6 Å². The predicted molar refractivity (Wildman–Crippen MR) is 81.4 cm³/mol. The van der Waals surface area contributed by atoms with Gasteiger partial charge in [-0.3, -0.25) is 4.79 Å². The summed E-state index contributed by atoms with van der Waals surface area (Å²) in [4.78, 5) is 13.7. The smallest absolute Gasteiger partial charge is 0.245 e. The molecule has 1 amide bonds. The molecule has 5 nitrogen and oxygen atoms in total. The van der Waals surface area contributed by atoms with E-state index in [1.165, 1.54) is 0 Å². The molecule has 1 aromatic rings. The monoisotopic (exact) mass is 297 g/mol. The number of nitrogens with two attached hydrogens (primary N) is 1. The minimum Gasteiger partial charge on any atom is -0.380 e. The lowest BCUT2D eigenvalue weighted by Gasteiger charge is -2.24. The largest absolute Gasteiger partial charge is 0.380 e. The molecule has 1 unspecified atom stereocenters. The Labute approximate surface area is 124 Å². The molecule has 0 radical (unpaired) electrons. The van der Waals surface area contributed by atoms with Crippen molar-refractivity contribution < 1.29 is 9.53 Å². The summed E-state index contributed by atoms with van der Waals surface area (Å²) in [5, 5.41) is 3.39. The number of hydrogen-bond donors (Lipinski definition) is 2. The van der Waals surface area contributed by atoms with Gasteiger partial charge in [0, 0.05) is 30.9 Å². The number of hydrogen-bond acceptors (Lipinski definition) is 4. The molecule has 0 aliphatic carbocycles. The number of amides is 1. The normalized spacial score (nSPS) is 17.0. The van der Waals surface area contributed by atoms with Crippen LogP contribution in [0.15, 0.2) is 12.1 Å². The third-order valence-corrected chi connectivity index (χ3v) is 3.73. The van der Waals surface area contributed by atoms with Gasteiger partial charge in [0.25, 0.3) is 0 Å². The van der Waals surface area contributed by atoms with Crippen molar-refractivity contribution in [3.8, 4) is 0 Å². The fourth-order valence-electron chi connectivity index (χ4n) is 2.30. The van der Waals surface area contributed by atoms with Crippen LogP contribution in [-0.2, 0) is 9.53 Å². The highest BCUT2D eigenvalue weighted by molar-refractivity contribution is 6.33. The van der Waals surface area contributed by atoms with E-state index in [0.29, 0.717) is 18.2 Å². The molecule has 6 heteroatoms. The van der Waals surface area contributed by atoms with Gasteiger partial charge in [-0.15, -0.1) is 0 Å². The Morgan fingerprint density at radius 2 is 2.20 bits per heavy atom. The molecule has 0 bridgehead atoms. The maximum Gasteiger partial charge on any atom is 0.245 e. The van der Waals surface area contributed by atoms with Gasteiger partial charge in [-0.2, -0.15) is 0 Å². The van der Waals surface area contributed by atoms with Crippen molar-refractivity contribution in [3.05, 3.63) is 22.7 Å². The van der Waals surface area contributed by atoms with Gasteiger partial charge in [0.15, 0.2) is 0 Å². The topological polar surface area (TPSA) is 67.6 Å². The zero-order valence-corrected chi connectivity index (χ0v) is 12.5. The molecule has 110 valence electrons. The number of nitrogens with one attached hydrogen (secondary N) is 1. The van der Waals surface area contributed by atoms with Crippen molar-refractivity contribution in [3.63, 3.8) is 0 Å². The molecule has 1 heterocycles. The van der Waals surface area contributed by atoms with Crippen LogP contribution < -0.4 is 16.0 Å². The van der Waals surface area contributed by atoms with E-state index < -0.39 is 6.04 Å². The van der Waals surface area contributed by atoms with Gasteiger partial charge in [-0.05, 0) is 26.0 Å². The minimum atomic E-state index is -0.630. The quantitative estimate of drug-likeness (QED) is 0.790. The maximum atomic E-state index is 11.6. The summed E-state index contributed by atoms with van der Waals surface area (Å²) in [6.07, 6.45) is 0. The molecule has 2 rings (SSSR count). The molecule has 0 aromatic heterocycles. The summed E-state index contributed by atoms with van der Waals surface area (Å²) in [6.45, 7) is 6.92. The zero-order valence-electron chi connectivity index (χ0n) is 11.8. The Kier molecular flexibility index (Phi) is 4.86. The van der Waals surface area contributed by atoms with E-state index in [2.05, 4.69) is 17.1 Å². The molecule has 0 spiro atoms. The van der Waals surface area contributed by atoms with Crippen LogP contribution in [0.3, 0.4) is 0 Å². The number of nitrogens with zero attached hydrogens (tertiary/aromatic N) is 1. The van der Waals surface area contributed by atoms with Crippen molar-refractivity contribution in [1.82, 2.24) is 0 Å². The molecule has 0 fully saturated rings. The summed E-state index contributed by atoms with van der Waals surface area (Å²) < 4.78 is 5.38. The number of halogens is 1. The molecule has 1 atom stereocenters. The van der Waals surface area contributed by atoms with Crippen LogP contribution in [0.2, 0.25) is 5.02 Å². The average Bonchev–Trinajstić information content (AvgIpc) is 2.70. The minimum absolute atomic E-state index is 0.189. The second-order valence-electron chi connectivity index (χ2n) is 4.63. The summed E-state index contributed by atoms with van der Waals surface area (Å²) in [7, 11) is 0. The predicted octanol–water partition coefficient (Wildman–Crippen LogP) is 2.15. The van der Waals surface area contributed by atoms with Crippen LogP contribution in [0.25, 0.3) is 0 Å². The molecule has 0 saturated carbocycles. The third kappa shape index (κ3) is 2.90. The number of carbonyl (C=O) groups excluding carboxylic acids is 1. The SMILES string of the molecule is CCOCCN(CC)c1cc2c(cc1Cl)C(N)C(=O)N2. The van der Waals surface area contributed by atoms with Gasteiger partial charge in [0.05, 0.1) is 17.3 Å². The van der Waals surface area contributed by atoms with Crippen molar-refractivity contribution in [1.29, 1.82) is 0 Å². The van der Waals surface area contributed by atoms with E-state index >= 15 is 0 Å². The first-order valence-electron chi connectivity index (χ1n) is 6.81. The second-order valence-corrected chi connectivity index (χ2v) is 5.04. The maximum absolute atomic E-state index is 11.6. The fourth-order valence-corrected chi connectivity index (χ4v) is 2.60. The molecule has 1 aliphatic heterocycles. The van der Waals surface area contributed by atoms with Crippen LogP contribution in [0.4, 0.5) is 11.4 Å². The van der Waals surface area contributed by atoms with Gasteiger partial charge in [0.1, 0.15) is 6.04 Å². The lowest BCUT2D eigenvalue weighted by atomic mass is 10.1. The lowest BCUT2D eigenvalue weighted by molar-refractivity contribution is -0.116. The molecule has 20 heavy (non-hydrogen) atoms. The molecule has 1 aliphatic rings. The Morgan fingerprint density at radius 1 is 1.45 bits per heavy atom. The number of ether oxygens (including phenoxy) is 1. The number of likely N-dealkylation sites (N-methyl/N-ethyl adjacent to an activating group) is 1. The zero-order chi connectivity index (χ0) is 14.7. The molecule has 1 aromatic carbocycles. The number of benzene rings is 1. The van der Waals surface area contributed by atoms with Gasteiger partial charge >= 0.3 is 0 Å². The van der Waals surface area contributed by atoms with E-state index in [4.69, 9.17) is 22.1 Å². The van der Waals surface area contributed by atoms with Crippen LogP contribution in [-0.4, -0.2) is 32.2 Å². The van der Waals surface area contributed by atoms with Gasteiger partial charge < -0.3 is 20.7 Å². The van der Waals surface area contributed by atoms with Crippen LogP contribution in [0.5, 0.6) is 0 Å². The summed E-state index contributed by atoms with van der Waals surface area (Å²) in [5.41, 5.74) is 8.20. The molecule has 0 saturated heterocycles. The molecule has 3 N–H and O–H groups in total. The van der Waals surface area contributed by atoms with Gasteiger partial charge in [-0.1, -0.05) is 11.6 Å². The van der Waals surface area contributed by atoms with Crippen LogP contribution in [0.1, 0.15) is 25.5 Å². The van der Waals surface area contributed by atoms with E-state index in [1.54, 1.807) is 6.07 Å². The van der Waals surface area contributed by atoms with E-state index in [0.717, 1.165) is 30.0 Å². The van der Waals surface area contributed by atoms with Crippen molar-refractivity contribution in [2.45, 2.75) is 19.9 Å². The number of fused-ring (bicyclic) bond motifs is 1. The molecular formula is C14H20ClN3O2.